The van der Waals surface area contributed by atoms with Gasteiger partial charge >= 0.3 is 17.9 Å². The number of carbonyl (C=O) groups excluding carboxylic acids is 7. The molecule has 0 saturated carbocycles. The molecule has 0 heterocycles. The maximum Gasteiger partial charge on any atom is 0.306 e. The summed E-state index contributed by atoms with van der Waals surface area (Å²) in [5.41, 5.74) is 3.83. The molecule has 0 saturated heterocycles. The molecule has 0 aliphatic carbocycles. The molecule has 0 aromatic rings. The monoisotopic (exact) mass is 854 g/mol. The zero-order valence-electron chi connectivity index (χ0n) is 38.9. The van der Waals surface area contributed by atoms with Crippen molar-refractivity contribution in [1.82, 2.24) is 21.3 Å². The Labute approximate surface area is 361 Å². The number of esters is 3. The summed E-state index contributed by atoms with van der Waals surface area (Å²) in [6, 6.07) is -3.66. The van der Waals surface area contributed by atoms with E-state index in [4.69, 9.17) is 19.9 Å². The first kappa shape index (κ1) is 56.2. The molecule has 0 fully saturated rings. The van der Waals surface area contributed by atoms with Crippen LogP contribution in [0.5, 0.6) is 0 Å². The van der Waals surface area contributed by atoms with Gasteiger partial charge in [0.2, 0.25) is 23.6 Å². The van der Waals surface area contributed by atoms with Gasteiger partial charge in [0.25, 0.3) is 0 Å². The lowest BCUT2D eigenvalue weighted by Gasteiger charge is -2.25. The first-order valence-electron chi connectivity index (χ1n) is 22.5. The van der Waals surface area contributed by atoms with Crippen LogP contribution in [0.3, 0.4) is 0 Å². The predicted octanol–water partition coefficient (Wildman–Crippen LogP) is 6.36. The van der Waals surface area contributed by atoms with Gasteiger partial charge in [-0.25, -0.2) is 0 Å². The zero-order chi connectivity index (χ0) is 45.8. The van der Waals surface area contributed by atoms with Crippen LogP contribution in [0.15, 0.2) is 0 Å². The van der Waals surface area contributed by atoms with Gasteiger partial charge in [-0.05, 0) is 101 Å². The second-order valence-corrected chi connectivity index (χ2v) is 18.7. The highest BCUT2D eigenvalue weighted by Gasteiger charge is 2.31. The molecule has 15 nitrogen and oxygen atoms in total. The Morgan fingerprint density at radius 2 is 0.817 bits per heavy atom. The average molecular weight is 854 g/mol. The maximum absolute atomic E-state index is 13.8. The second-order valence-electron chi connectivity index (χ2n) is 18.7. The highest BCUT2D eigenvalue weighted by molar-refractivity contribution is 5.93. The summed E-state index contributed by atoms with van der Waals surface area (Å²) in [5.74, 6) is -3.64. The van der Waals surface area contributed by atoms with Gasteiger partial charge in [0.15, 0.2) is 0 Å². The summed E-state index contributed by atoms with van der Waals surface area (Å²) < 4.78 is 16.1. The van der Waals surface area contributed by atoms with Crippen molar-refractivity contribution in [1.29, 1.82) is 0 Å². The fraction of sp³-hybridized carbons (Fsp3) is 0.844. The topological polar surface area (TPSA) is 221 Å². The molecule has 3 atom stereocenters. The first-order valence-corrected chi connectivity index (χ1v) is 22.5. The van der Waals surface area contributed by atoms with Gasteiger partial charge in [0.05, 0.1) is 6.04 Å². The van der Waals surface area contributed by atoms with Crippen LogP contribution in [0.4, 0.5) is 0 Å². The van der Waals surface area contributed by atoms with Crippen molar-refractivity contribution in [3.63, 3.8) is 0 Å². The van der Waals surface area contributed by atoms with E-state index >= 15 is 0 Å². The van der Waals surface area contributed by atoms with Crippen LogP contribution >= 0.6 is 0 Å². The van der Waals surface area contributed by atoms with Crippen LogP contribution in [-0.2, 0) is 47.8 Å². The molecule has 0 spiro atoms. The van der Waals surface area contributed by atoms with Gasteiger partial charge in [-0.3, -0.25) is 33.6 Å². The quantitative estimate of drug-likeness (QED) is 0.0293. The number of nitrogens with two attached hydrogens (primary N) is 1. The fourth-order valence-electron chi connectivity index (χ4n) is 6.05. The van der Waals surface area contributed by atoms with Gasteiger partial charge in [0.1, 0.15) is 28.9 Å². The molecule has 0 aromatic heterocycles. The van der Waals surface area contributed by atoms with E-state index in [2.05, 4.69) is 28.2 Å². The molecule has 60 heavy (non-hydrogen) atoms. The third-order valence-corrected chi connectivity index (χ3v) is 9.03. The minimum Gasteiger partial charge on any atom is -0.460 e. The van der Waals surface area contributed by atoms with Crippen molar-refractivity contribution >= 4 is 41.5 Å². The number of nitrogens with one attached hydrogen (secondary N) is 4. The van der Waals surface area contributed by atoms with E-state index in [1.165, 1.54) is 44.9 Å². The number of ether oxygens (including phenoxy) is 3. The van der Waals surface area contributed by atoms with Crippen molar-refractivity contribution in [3.05, 3.63) is 0 Å². The molecule has 348 valence electrons. The molecule has 0 aliphatic rings. The third kappa shape index (κ3) is 33.0. The van der Waals surface area contributed by atoms with Crippen molar-refractivity contribution in [2.75, 3.05) is 13.1 Å². The minimum absolute atomic E-state index is 0.0594. The number of unbranched alkanes of at least 4 members (excludes halogenated alkanes) is 11. The zero-order valence-corrected chi connectivity index (χ0v) is 38.9. The Kier molecular flexibility index (Phi) is 28.4. The van der Waals surface area contributed by atoms with Gasteiger partial charge in [-0.15, -0.1) is 0 Å². The van der Waals surface area contributed by atoms with Gasteiger partial charge < -0.3 is 41.2 Å². The maximum atomic E-state index is 13.8. The highest BCUT2D eigenvalue weighted by Crippen LogP contribution is 2.15. The van der Waals surface area contributed by atoms with E-state index in [9.17, 15) is 33.6 Å². The summed E-state index contributed by atoms with van der Waals surface area (Å²) in [5, 5.41) is 11.1. The molecule has 4 amide bonds. The Bertz CT molecular complexity index is 1300. The molecule has 6 N–H and O–H groups in total. The standard InChI is InChI=1S/C45H83N5O10/c1-11-12-13-14-15-16-17-18-21-24-36(51)47-31-22-19-20-23-32-48-41(56)34(26-29-38(53)59-44(5,6)7)50-42(57)35(27-30-39(54)60-45(8,9)10)49-40(55)33(46)25-28-37(52)58-43(2,3)4/h33-35H,11-32,46H2,1-10H3,(H,47,51)(H,48,56)(H,49,55)(H,50,57). The van der Waals surface area contributed by atoms with Crippen molar-refractivity contribution < 1.29 is 47.8 Å². The number of amides is 4. The van der Waals surface area contributed by atoms with E-state index in [-0.39, 0.29) is 44.4 Å². The van der Waals surface area contributed by atoms with Crippen LogP contribution < -0.4 is 27.0 Å². The summed E-state index contributed by atoms with van der Waals surface area (Å²) in [6.45, 7) is 18.6. The van der Waals surface area contributed by atoms with Crippen LogP contribution in [0.2, 0.25) is 0 Å². The van der Waals surface area contributed by atoms with Crippen LogP contribution in [0.25, 0.3) is 0 Å². The van der Waals surface area contributed by atoms with E-state index in [1.807, 2.05) is 0 Å². The highest BCUT2D eigenvalue weighted by atomic mass is 16.6. The van der Waals surface area contributed by atoms with Crippen LogP contribution in [-0.4, -0.2) is 89.6 Å². The molecule has 0 rings (SSSR count). The van der Waals surface area contributed by atoms with Crippen LogP contribution in [0, 0.1) is 0 Å². The smallest absolute Gasteiger partial charge is 0.306 e. The molecule has 0 radical (unpaired) electrons. The normalized spacial score (nSPS) is 13.3. The Balaban J connectivity index is 5.31. The van der Waals surface area contributed by atoms with Gasteiger partial charge in [0, 0.05) is 38.8 Å². The summed E-state index contributed by atoms with van der Waals surface area (Å²) in [6.07, 6.45) is 13.7. The average Bonchev–Trinajstić information content (AvgIpc) is 3.11. The minimum atomic E-state index is -1.31. The lowest BCUT2D eigenvalue weighted by molar-refractivity contribution is -0.156. The lowest BCUT2D eigenvalue weighted by atomic mass is 10.1. The SMILES string of the molecule is CCCCCCCCCCCC(=O)NCCCCCCNC(=O)C(CCC(=O)OC(C)(C)C)NC(=O)C(CCC(=O)OC(C)(C)C)NC(=O)C(N)CCC(=O)OC(C)(C)C. The Hall–Kier alpha value is -3.75. The fourth-order valence-corrected chi connectivity index (χ4v) is 6.05. The van der Waals surface area contributed by atoms with Crippen molar-refractivity contribution in [2.24, 2.45) is 5.73 Å². The summed E-state index contributed by atoms with van der Waals surface area (Å²) >= 11 is 0. The van der Waals surface area contributed by atoms with Crippen molar-refractivity contribution in [3.8, 4) is 0 Å². The van der Waals surface area contributed by atoms with E-state index < -0.39 is 70.6 Å². The van der Waals surface area contributed by atoms with E-state index in [1.54, 1.807) is 62.3 Å². The van der Waals surface area contributed by atoms with Crippen molar-refractivity contribution in [2.45, 2.75) is 233 Å². The summed E-state index contributed by atoms with van der Waals surface area (Å²) in [4.78, 5) is 90.0. The number of carbonyl (C=O) groups is 7. The molecule has 15 heteroatoms. The lowest BCUT2D eigenvalue weighted by Crippen LogP contribution is -2.56. The number of rotatable bonds is 31. The number of hydrogen-bond donors (Lipinski definition) is 5. The summed E-state index contributed by atoms with van der Waals surface area (Å²) in [7, 11) is 0. The van der Waals surface area contributed by atoms with Crippen LogP contribution in [0.1, 0.15) is 198 Å². The Morgan fingerprint density at radius 1 is 0.450 bits per heavy atom. The van der Waals surface area contributed by atoms with E-state index in [0.717, 1.165) is 32.1 Å². The molecule has 0 aliphatic heterocycles. The molecule has 0 bridgehead atoms. The molecular weight excluding hydrogens is 771 g/mol. The Morgan fingerprint density at radius 3 is 1.27 bits per heavy atom. The van der Waals surface area contributed by atoms with Gasteiger partial charge in [-0.1, -0.05) is 71.1 Å². The molecule has 0 aromatic carbocycles. The predicted molar refractivity (Wildman–Crippen MR) is 233 cm³/mol. The van der Waals surface area contributed by atoms with E-state index in [0.29, 0.717) is 25.9 Å². The van der Waals surface area contributed by atoms with Gasteiger partial charge in [-0.2, -0.15) is 0 Å². The molecule has 3 unspecified atom stereocenters. The second kappa shape index (κ2) is 30.3. The third-order valence-electron chi connectivity index (χ3n) is 9.03. The first-order chi connectivity index (χ1) is 27.9. The largest absolute Gasteiger partial charge is 0.460 e. The molecular formula is C45H83N5O10. The number of hydrogen-bond acceptors (Lipinski definition) is 11.